The van der Waals surface area contributed by atoms with E-state index in [9.17, 15) is 4.79 Å². The highest BCUT2D eigenvalue weighted by atomic mass is 16.2. The lowest BCUT2D eigenvalue weighted by Crippen LogP contribution is -2.41. The second kappa shape index (κ2) is 7.59. The quantitative estimate of drug-likeness (QED) is 0.783. The van der Waals surface area contributed by atoms with Crippen molar-refractivity contribution in [1.29, 1.82) is 0 Å². The van der Waals surface area contributed by atoms with Crippen LogP contribution in [0, 0.1) is 11.8 Å². The fraction of sp³-hybridized carbons (Fsp3) is 0.941. The van der Waals surface area contributed by atoms with E-state index in [4.69, 9.17) is 0 Å². The molecule has 2 fully saturated rings. The highest BCUT2D eigenvalue weighted by molar-refractivity contribution is 5.84. The molecule has 21 heavy (non-hydrogen) atoms. The molecule has 2 aliphatic rings. The average molecular weight is 295 g/mol. The monoisotopic (exact) mass is 295 g/mol. The number of rotatable bonds is 7. The van der Waals surface area contributed by atoms with Gasteiger partial charge in [0.25, 0.3) is 0 Å². The summed E-state index contributed by atoms with van der Waals surface area (Å²) in [5.74, 6) is 1.30. The molecule has 1 N–H and O–H groups in total. The van der Waals surface area contributed by atoms with Gasteiger partial charge in [0.15, 0.2) is 0 Å². The fourth-order valence-corrected chi connectivity index (χ4v) is 3.70. The average Bonchev–Trinajstić information content (AvgIpc) is 3.07. The molecule has 0 saturated carbocycles. The van der Waals surface area contributed by atoms with Crippen LogP contribution in [0.4, 0.5) is 0 Å². The number of hydrogen-bond acceptors (Lipinski definition) is 3. The van der Waals surface area contributed by atoms with Crippen LogP contribution < -0.4 is 5.32 Å². The number of nitrogens with zero attached hydrogens (tertiary/aromatic N) is 2. The van der Waals surface area contributed by atoms with Crippen molar-refractivity contribution >= 4 is 5.91 Å². The van der Waals surface area contributed by atoms with Crippen molar-refractivity contribution in [3.05, 3.63) is 0 Å². The maximum atomic E-state index is 12.7. The number of nitrogens with one attached hydrogen (secondary N) is 1. The molecule has 0 spiro atoms. The van der Waals surface area contributed by atoms with Gasteiger partial charge in [-0.2, -0.15) is 0 Å². The number of hydrogen-bond donors (Lipinski definition) is 1. The summed E-state index contributed by atoms with van der Waals surface area (Å²) in [7, 11) is 0. The zero-order valence-corrected chi connectivity index (χ0v) is 14.3. The molecule has 2 aliphatic heterocycles. The lowest BCUT2D eigenvalue weighted by molar-refractivity contribution is -0.131. The maximum Gasteiger partial charge on any atom is 0.241 e. The molecule has 4 atom stereocenters. The Labute approximate surface area is 130 Å². The van der Waals surface area contributed by atoms with Gasteiger partial charge in [0, 0.05) is 13.1 Å². The molecule has 2 heterocycles. The Bertz CT molecular complexity index is 341. The highest BCUT2D eigenvalue weighted by Gasteiger charge is 2.40. The molecule has 4 unspecified atom stereocenters. The van der Waals surface area contributed by atoms with Crippen LogP contribution in [0.15, 0.2) is 0 Å². The minimum absolute atomic E-state index is 0.0268. The van der Waals surface area contributed by atoms with Gasteiger partial charge >= 0.3 is 0 Å². The second-order valence-electron chi connectivity index (χ2n) is 7.06. The van der Waals surface area contributed by atoms with Crippen LogP contribution in [0.25, 0.3) is 0 Å². The predicted molar refractivity (Wildman–Crippen MR) is 87.0 cm³/mol. The summed E-state index contributed by atoms with van der Waals surface area (Å²) >= 11 is 0. The van der Waals surface area contributed by atoms with E-state index in [2.05, 4.69) is 42.8 Å². The van der Waals surface area contributed by atoms with E-state index in [-0.39, 0.29) is 12.2 Å². The normalized spacial score (nSPS) is 30.1. The Morgan fingerprint density at radius 2 is 1.86 bits per heavy atom. The van der Waals surface area contributed by atoms with Crippen molar-refractivity contribution in [1.82, 2.24) is 15.1 Å². The predicted octanol–water partition coefficient (Wildman–Crippen LogP) is 2.30. The Balaban J connectivity index is 1.91. The van der Waals surface area contributed by atoms with Crippen molar-refractivity contribution in [3.8, 4) is 0 Å². The molecule has 122 valence electrons. The molecule has 0 radical (unpaired) electrons. The lowest BCUT2D eigenvalue weighted by Gasteiger charge is -2.28. The first-order valence-electron chi connectivity index (χ1n) is 8.85. The SMILES string of the molecule is CCC(C)C1NC(CC)N(CC(C)CN2CCCC2)C1=O. The van der Waals surface area contributed by atoms with E-state index in [1.54, 1.807) is 0 Å². The molecule has 4 heteroatoms. The standard InChI is InChI=1S/C17H33N3O/c1-5-14(4)16-17(21)20(15(6-2)18-16)12-13(3)11-19-9-7-8-10-19/h13-16,18H,5-12H2,1-4H3. The summed E-state index contributed by atoms with van der Waals surface area (Å²) in [6.45, 7) is 13.3. The first-order chi connectivity index (χ1) is 10.1. The van der Waals surface area contributed by atoms with Crippen LogP contribution in [0.3, 0.4) is 0 Å². The van der Waals surface area contributed by atoms with Gasteiger partial charge in [0.2, 0.25) is 5.91 Å². The van der Waals surface area contributed by atoms with Crippen molar-refractivity contribution in [2.24, 2.45) is 11.8 Å². The summed E-state index contributed by atoms with van der Waals surface area (Å²) in [5.41, 5.74) is 0. The van der Waals surface area contributed by atoms with E-state index in [1.165, 1.54) is 25.9 Å². The van der Waals surface area contributed by atoms with E-state index in [0.717, 1.165) is 25.9 Å². The van der Waals surface area contributed by atoms with Crippen molar-refractivity contribution in [3.63, 3.8) is 0 Å². The van der Waals surface area contributed by atoms with Crippen LogP contribution in [0.2, 0.25) is 0 Å². The molecule has 0 aromatic heterocycles. The third-order valence-electron chi connectivity index (χ3n) is 5.17. The van der Waals surface area contributed by atoms with E-state index in [1.807, 2.05) is 0 Å². The second-order valence-corrected chi connectivity index (χ2v) is 7.06. The Kier molecular flexibility index (Phi) is 6.06. The van der Waals surface area contributed by atoms with Crippen LogP contribution in [-0.2, 0) is 4.79 Å². The largest absolute Gasteiger partial charge is 0.325 e. The third kappa shape index (κ3) is 3.98. The molecule has 1 amide bonds. The molecule has 0 bridgehead atoms. The number of amides is 1. The summed E-state index contributed by atoms with van der Waals surface area (Å²) in [6.07, 6.45) is 4.96. The summed E-state index contributed by atoms with van der Waals surface area (Å²) in [6, 6.07) is 0.0268. The highest BCUT2D eigenvalue weighted by Crippen LogP contribution is 2.22. The summed E-state index contributed by atoms with van der Waals surface area (Å²) < 4.78 is 0. The van der Waals surface area contributed by atoms with Gasteiger partial charge in [-0.25, -0.2) is 0 Å². The van der Waals surface area contributed by atoms with Gasteiger partial charge in [-0.3, -0.25) is 10.1 Å². The Morgan fingerprint density at radius 3 is 2.43 bits per heavy atom. The molecule has 0 aromatic carbocycles. The van der Waals surface area contributed by atoms with Gasteiger partial charge in [0.05, 0.1) is 12.2 Å². The van der Waals surface area contributed by atoms with Gasteiger partial charge in [-0.1, -0.05) is 34.1 Å². The minimum Gasteiger partial charge on any atom is -0.325 e. The minimum atomic E-state index is 0.0268. The van der Waals surface area contributed by atoms with Crippen LogP contribution in [-0.4, -0.2) is 54.1 Å². The van der Waals surface area contributed by atoms with Crippen molar-refractivity contribution in [2.45, 2.75) is 65.6 Å². The topological polar surface area (TPSA) is 35.6 Å². The van der Waals surface area contributed by atoms with Gasteiger partial charge in [-0.15, -0.1) is 0 Å². The smallest absolute Gasteiger partial charge is 0.241 e. The van der Waals surface area contributed by atoms with Crippen LogP contribution in [0.1, 0.15) is 53.4 Å². The molecular weight excluding hydrogens is 262 g/mol. The molecule has 0 aromatic rings. The van der Waals surface area contributed by atoms with Gasteiger partial charge in [-0.05, 0) is 44.2 Å². The lowest BCUT2D eigenvalue weighted by atomic mass is 9.99. The van der Waals surface area contributed by atoms with Crippen LogP contribution >= 0.6 is 0 Å². The molecule has 4 nitrogen and oxygen atoms in total. The maximum absolute atomic E-state index is 12.7. The van der Waals surface area contributed by atoms with E-state index in [0.29, 0.717) is 17.7 Å². The summed E-state index contributed by atoms with van der Waals surface area (Å²) in [4.78, 5) is 17.4. The molecule has 2 saturated heterocycles. The molecule has 2 rings (SSSR count). The Morgan fingerprint density at radius 1 is 1.19 bits per heavy atom. The van der Waals surface area contributed by atoms with E-state index >= 15 is 0 Å². The first-order valence-corrected chi connectivity index (χ1v) is 8.85. The zero-order valence-electron chi connectivity index (χ0n) is 14.3. The first kappa shape index (κ1) is 16.8. The van der Waals surface area contributed by atoms with Gasteiger partial charge in [0.1, 0.15) is 0 Å². The van der Waals surface area contributed by atoms with E-state index < -0.39 is 0 Å². The Hall–Kier alpha value is -0.610. The number of likely N-dealkylation sites (tertiary alicyclic amines) is 1. The molecule has 0 aliphatic carbocycles. The van der Waals surface area contributed by atoms with Gasteiger partial charge < -0.3 is 9.80 Å². The van der Waals surface area contributed by atoms with Crippen molar-refractivity contribution in [2.75, 3.05) is 26.2 Å². The zero-order chi connectivity index (χ0) is 15.4. The fourth-order valence-electron chi connectivity index (χ4n) is 3.70. The number of carbonyl (C=O) groups is 1. The van der Waals surface area contributed by atoms with Crippen molar-refractivity contribution < 1.29 is 4.79 Å². The molecular formula is C17H33N3O. The third-order valence-corrected chi connectivity index (χ3v) is 5.17. The number of carbonyl (C=O) groups excluding carboxylic acids is 1. The summed E-state index contributed by atoms with van der Waals surface area (Å²) in [5, 5.41) is 3.55. The van der Waals surface area contributed by atoms with Crippen LogP contribution in [0.5, 0.6) is 0 Å².